The molecule has 0 amide bonds. The van der Waals surface area contributed by atoms with Gasteiger partial charge in [-0.2, -0.15) is 0 Å². The van der Waals surface area contributed by atoms with Gasteiger partial charge in [0.05, 0.1) is 0 Å². The van der Waals surface area contributed by atoms with Crippen molar-refractivity contribution in [3.8, 4) is 0 Å². The fraction of sp³-hybridized carbons (Fsp3) is 0.286. The lowest BCUT2D eigenvalue weighted by molar-refractivity contribution is 0.569. The van der Waals surface area contributed by atoms with E-state index in [1.807, 2.05) is 11.3 Å². The van der Waals surface area contributed by atoms with Gasteiger partial charge in [-0.15, -0.1) is 11.3 Å². The highest BCUT2D eigenvalue weighted by Crippen LogP contribution is 2.38. The van der Waals surface area contributed by atoms with E-state index >= 15 is 0 Å². The molecule has 1 heterocycles. The minimum atomic E-state index is 0.154. The average Bonchev–Trinajstić information content (AvgIpc) is 2.58. The van der Waals surface area contributed by atoms with Crippen molar-refractivity contribution < 1.29 is 0 Å². The van der Waals surface area contributed by atoms with E-state index in [-0.39, 0.29) is 5.41 Å². The van der Waals surface area contributed by atoms with Crippen molar-refractivity contribution in [3.63, 3.8) is 0 Å². The molecular weight excluding hydrogens is 200 g/mol. The standard InChI is InChI=1S/C14H16S/c1-10(14(2,3)4)13-9-11-7-5-6-8-12(11)15-13/h5-9H,1H2,2-4H3. The Bertz CT molecular complexity index is 464. The summed E-state index contributed by atoms with van der Waals surface area (Å²) in [6.07, 6.45) is 0. The maximum Gasteiger partial charge on any atom is 0.0349 e. The summed E-state index contributed by atoms with van der Waals surface area (Å²) in [4.78, 5) is 1.31. The molecule has 0 fully saturated rings. The molecule has 0 radical (unpaired) electrons. The molecule has 1 heteroatoms. The van der Waals surface area contributed by atoms with Gasteiger partial charge in [-0.1, -0.05) is 45.5 Å². The molecule has 0 unspecified atom stereocenters. The first-order valence-corrected chi connectivity index (χ1v) is 5.98. The van der Waals surface area contributed by atoms with Gasteiger partial charge in [0, 0.05) is 9.58 Å². The topological polar surface area (TPSA) is 0 Å². The van der Waals surface area contributed by atoms with Crippen LogP contribution in [0.15, 0.2) is 36.9 Å². The summed E-state index contributed by atoms with van der Waals surface area (Å²) in [5, 5.41) is 1.32. The molecule has 0 aliphatic rings. The third kappa shape index (κ3) is 1.98. The van der Waals surface area contributed by atoms with Crippen molar-refractivity contribution in [1.29, 1.82) is 0 Å². The molecule has 0 N–H and O–H groups in total. The van der Waals surface area contributed by atoms with E-state index in [1.165, 1.54) is 20.5 Å². The van der Waals surface area contributed by atoms with Crippen LogP contribution in [0.5, 0.6) is 0 Å². The molecule has 0 aliphatic heterocycles. The third-order valence-corrected chi connectivity index (χ3v) is 3.80. The van der Waals surface area contributed by atoms with Crippen molar-refractivity contribution in [3.05, 3.63) is 41.8 Å². The van der Waals surface area contributed by atoms with Crippen LogP contribution in [0.25, 0.3) is 15.7 Å². The summed E-state index contributed by atoms with van der Waals surface area (Å²) >= 11 is 1.83. The van der Waals surface area contributed by atoms with Gasteiger partial charge < -0.3 is 0 Å². The Labute approximate surface area is 95.3 Å². The lowest BCUT2D eigenvalue weighted by atomic mass is 9.87. The van der Waals surface area contributed by atoms with Gasteiger partial charge in [0.25, 0.3) is 0 Å². The summed E-state index contributed by atoms with van der Waals surface area (Å²) in [6.45, 7) is 10.8. The minimum absolute atomic E-state index is 0.154. The van der Waals surface area contributed by atoms with Gasteiger partial charge in [-0.3, -0.25) is 0 Å². The second kappa shape index (κ2) is 3.49. The fourth-order valence-corrected chi connectivity index (χ4v) is 2.74. The minimum Gasteiger partial charge on any atom is -0.136 e. The van der Waals surface area contributed by atoms with Crippen molar-refractivity contribution in [2.24, 2.45) is 5.41 Å². The summed E-state index contributed by atoms with van der Waals surface area (Å²) in [7, 11) is 0. The molecule has 0 saturated carbocycles. The average molecular weight is 216 g/mol. The SMILES string of the molecule is C=C(c1cc2ccccc2s1)C(C)(C)C. The van der Waals surface area contributed by atoms with Crippen LogP contribution in [0.2, 0.25) is 0 Å². The van der Waals surface area contributed by atoms with Crippen LogP contribution in [0.3, 0.4) is 0 Å². The van der Waals surface area contributed by atoms with E-state index < -0.39 is 0 Å². The predicted octanol–water partition coefficient (Wildman–Crippen LogP) is 4.96. The van der Waals surface area contributed by atoms with Gasteiger partial charge in [-0.05, 0) is 28.5 Å². The molecule has 15 heavy (non-hydrogen) atoms. The number of allylic oxidation sites excluding steroid dienone is 1. The Hall–Kier alpha value is -1.08. The zero-order valence-corrected chi connectivity index (χ0v) is 10.3. The van der Waals surface area contributed by atoms with E-state index in [4.69, 9.17) is 0 Å². The number of rotatable bonds is 1. The van der Waals surface area contributed by atoms with Crippen LogP contribution >= 0.6 is 11.3 Å². The molecule has 1 aromatic heterocycles. The van der Waals surface area contributed by atoms with Crippen LogP contribution in [-0.2, 0) is 0 Å². The highest BCUT2D eigenvalue weighted by atomic mass is 32.1. The van der Waals surface area contributed by atoms with Gasteiger partial charge in [-0.25, -0.2) is 0 Å². The molecule has 0 atom stereocenters. The van der Waals surface area contributed by atoms with Crippen LogP contribution < -0.4 is 0 Å². The van der Waals surface area contributed by atoms with Crippen molar-refractivity contribution in [1.82, 2.24) is 0 Å². The van der Waals surface area contributed by atoms with Gasteiger partial charge in [0.2, 0.25) is 0 Å². The normalized spacial score (nSPS) is 11.9. The zero-order chi connectivity index (χ0) is 11.1. The first-order valence-electron chi connectivity index (χ1n) is 5.17. The number of hydrogen-bond acceptors (Lipinski definition) is 1. The van der Waals surface area contributed by atoms with E-state index in [1.54, 1.807) is 0 Å². The smallest absolute Gasteiger partial charge is 0.0349 e. The maximum atomic E-state index is 4.20. The molecule has 0 nitrogen and oxygen atoms in total. The fourth-order valence-electron chi connectivity index (χ4n) is 1.50. The third-order valence-electron chi connectivity index (χ3n) is 2.63. The molecular formula is C14H16S. The molecule has 78 valence electrons. The van der Waals surface area contributed by atoms with Crippen molar-refractivity contribution in [2.45, 2.75) is 20.8 Å². The highest BCUT2D eigenvalue weighted by Gasteiger charge is 2.18. The summed E-state index contributed by atoms with van der Waals surface area (Å²) in [6, 6.07) is 10.7. The Morgan fingerprint density at radius 2 is 1.87 bits per heavy atom. The van der Waals surface area contributed by atoms with E-state index in [9.17, 15) is 0 Å². The maximum absolute atomic E-state index is 4.20. The van der Waals surface area contributed by atoms with Gasteiger partial charge >= 0.3 is 0 Å². The largest absolute Gasteiger partial charge is 0.136 e. The zero-order valence-electron chi connectivity index (χ0n) is 9.50. The second-order valence-corrected chi connectivity index (χ2v) is 5.96. The predicted molar refractivity (Wildman–Crippen MR) is 70.3 cm³/mol. The van der Waals surface area contributed by atoms with Crippen molar-refractivity contribution in [2.75, 3.05) is 0 Å². The molecule has 0 aliphatic carbocycles. The van der Waals surface area contributed by atoms with Crippen LogP contribution in [0.4, 0.5) is 0 Å². The van der Waals surface area contributed by atoms with Gasteiger partial charge in [0.15, 0.2) is 0 Å². The van der Waals surface area contributed by atoms with E-state index in [0.717, 1.165) is 0 Å². The first-order chi connectivity index (χ1) is 6.98. The molecule has 2 aromatic rings. The lowest BCUT2D eigenvalue weighted by Crippen LogP contribution is -2.05. The summed E-state index contributed by atoms with van der Waals surface area (Å²) in [5.74, 6) is 0. The Balaban J connectivity index is 2.50. The lowest BCUT2D eigenvalue weighted by Gasteiger charge is -2.20. The molecule has 0 saturated heterocycles. The number of benzene rings is 1. The van der Waals surface area contributed by atoms with E-state index in [0.29, 0.717) is 0 Å². The van der Waals surface area contributed by atoms with Crippen LogP contribution in [-0.4, -0.2) is 0 Å². The summed E-state index contributed by atoms with van der Waals surface area (Å²) < 4.78 is 1.35. The monoisotopic (exact) mass is 216 g/mol. The van der Waals surface area contributed by atoms with Crippen LogP contribution in [0.1, 0.15) is 25.6 Å². The molecule has 0 spiro atoms. The number of fused-ring (bicyclic) bond motifs is 1. The Kier molecular flexibility index (Phi) is 2.43. The first kappa shape index (κ1) is 10.4. The Morgan fingerprint density at radius 3 is 2.47 bits per heavy atom. The second-order valence-electron chi connectivity index (χ2n) is 4.88. The van der Waals surface area contributed by atoms with Gasteiger partial charge in [0.1, 0.15) is 0 Å². The number of hydrogen-bond donors (Lipinski definition) is 0. The van der Waals surface area contributed by atoms with E-state index in [2.05, 4.69) is 57.7 Å². The Morgan fingerprint density at radius 1 is 1.20 bits per heavy atom. The van der Waals surface area contributed by atoms with Crippen molar-refractivity contribution >= 4 is 27.0 Å². The quantitative estimate of drug-likeness (QED) is 0.632. The molecule has 1 aromatic carbocycles. The highest BCUT2D eigenvalue weighted by molar-refractivity contribution is 7.20. The summed E-state index contributed by atoms with van der Waals surface area (Å²) in [5.41, 5.74) is 1.38. The van der Waals surface area contributed by atoms with Crippen LogP contribution in [0, 0.1) is 5.41 Å². The molecule has 0 bridgehead atoms. The number of thiophene rings is 1. The molecule has 2 rings (SSSR count).